The fourth-order valence-corrected chi connectivity index (χ4v) is 1.26. The normalized spacial score (nSPS) is 9.64. The van der Waals surface area contributed by atoms with Crippen LogP contribution in [0.15, 0.2) is 12.1 Å². The van der Waals surface area contributed by atoms with Gasteiger partial charge in [0, 0.05) is 0 Å². The van der Waals surface area contributed by atoms with E-state index in [1.807, 2.05) is 0 Å². The number of nitrogen functional groups attached to an aromatic ring is 1. The molecule has 0 aliphatic heterocycles. The number of benzene rings is 1. The predicted molar refractivity (Wildman–Crippen MR) is 53.5 cm³/mol. The highest BCUT2D eigenvalue weighted by Gasteiger charge is 2.16. The molecule has 0 radical (unpaired) electrons. The number of nitrogens with two attached hydrogens (primary N) is 1. The van der Waals surface area contributed by atoms with E-state index in [1.165, 1.54) is 14.2 Å². The van der Waals surface area contributed by atoms with E-state index in [0.717, 1.165) is 5.56 Å². The number of carbonyl (C=O) groups is 1. The van der Waals surface area contributed by atoms with Crippen molar-refractivity contribution in [2.45, 2.75) is 6.92 Å². The molecule has 1 rings (SSSR count). The van der Waals surface area contributed by atoms with Crippen LogP contribution in [0.1, 0.15) is 15.9 Å². The largest absolute Gasteiger partial charge is 0.495 e. The Balaban J connectivity index is 3.32. The van der Waals surface area contributed by atoms with Crippen molar-refractivity contribution in [1.29, 1.82) is 0 Å². The Bertz CT molecular complexity index is 361. The molecule has 4 nitrogen and oxygen atoms in total. The minimum absolute atomic E-state index is 0.319. The predicted octanol–water partition coefficient (Wildman–Crippen LogP) is 1.37. The molecule has 1 aromatic rings. The van der Waals surface area contributed by atoms with Gasteiger partial charge < -0.3 is 15.2 Å². The van der Waals surface area contributed by atoms with Gasteiger partial charge in [-0.1, -0.05) is 6.07 Å². The average Bonchev–Trinajstić information content (AvgIpc) is 2.18. The number of anilines is 1. The van der Waals surface area contributed by atoms with Crippen LogP contribution in [0.4, 0.5) is 5.69 Å². The van der Waals surface area contributed by atoms with Crippen LogP contribution in [0.5, 0.6) is 5.75 Å². The molecular weight excluding hydrogens is 182 g/mol. The van der Waals surface area contributed by atoms with Gasteiger partial charge in [0.05, 0.1) is 25.5 Å². The van der Waals surface area contributed by atoms with Crippen molar-refractivity contribution in [2.24, 2.45) is 0 Å². The molecule has 14 heavy (non-hydrogen) atoms. The molecule has 0 saturated carbocycles. The van der Waals surface area contributed by atoms with Gasteiger partial charge in [0.2, 0.25) is 0 Å². The SMILES string of the molecule is COC(=O)c1c(C)ccc(OC)c1N. The fourth-order valence-electron chi connectivity index (χ4n) is 1.26. The molecule has 0 heterocycles. The topological polar surface area (TPSA) is 61.5 Å². The van der Waals surface area contributed by atoms with Crippen LogP contribution in [0, 0.1) is 6.92 Å². The molecular formula is C10H13NO3. The Morgan fingerprint density at radius 2 is 2.00 bits per heavy atom. The third kappa shape index (κ3) is 1.64. The van der Waals surface area contributed by atoms with Crippen molar-refractivity contribution < 1.29 is 14.3 Å². The van der Waals surface area contributed by atoms with E-state index < -0.39 is 5.97 Å². The molecule has 0 aliphatic rings. The van der Waals surface area contributed by atoms with E-state index in [1.54, 1.807) is 19.1 Å². The zero-order valence-corrected chi connectivity index (χ0v) is 8.46. The number of hydrogen-bond donors (Lipinski definition) is 1. The number of hydrogen-bond acceptors (Lipinski definition) is 4. The van der Waals surface area contributed by atoms with E-state index in [4.69, 9.17) is 10.5 Å². The van der Waals surface area contributed by atoms with Gasteiger partial charge in [-0.3, -0.25) is 0 Å². The van der Waals surface area contributed by atoms with Crippen molar-refractivity contribution in [1.82, 2.24) is 0 Å². The second-order valence-electron chi connectivity index (χ2n) is 2.86. The summed E-state index contributed by atoms with van der Waals surface area (Å²) in [5, 5.41) is 0. The maximum atomic E-state index is 11.4. The van der Waals surface area contributed by atoms with Crippen molar-refractivity contribution in [2.75, 3.05) is 20.0 Å². The highest BCUT2D eigenvalue weighted by Crippen LogP contribution is 2.28. The lowest BCUT2D eigenvalue weighted by Crippen LogP contribution is -2.09. The van der Waals surface area contributed by atoms with Crippen LogP contribution in [0.25, 0.3) is 0 Å². The van der Waals surface area contributed by atoms with Gasteiger partial charge in [-0.2, -0.15) is 0 Å². The quantitative estimate of drug-likeness (QED) is 0.572. The van der Waals surface area contributed by atoms with Gasteiger partial charge in [-0.15, -0.1) is 0 Å². The second kappa shape index (κ2) is 4.00. The third-order valence-electron chi connectivity index (χ3n) is 2.02. The summed E-state index contributed by atoms with van der Waals surface area (Å²) in [4.78, 5) is 11.4. The molecule has 0 fully saturated rings. The van der Waals surface area contributed by atoms with Gasteiger partial charge in [0.1, 0.15) is 5.75 Å². The number of methoxy groups -OCH3 is 2. The molecule has 0 atom stereocenters. The minimum atomic E-state index is -0.445. The highest BCUT2D eigenvalue weighted by atomic mass is 16.5. The van der Waals surface area contributed by atoms with Crippen molar-refractivity contribution in [3.05, 3.63) is 23.3 Å². The summed E-state index contributed by atoms with van der Waals surface area (Å²) >= 11 is 0. The maximum absolute atomic E-state index is 11.4. The van der Waals surface area contributed by atoms with E-state index in [-0.39, 0.29) is 0 Å². The lowest BCUT2D eigenvalue weighted by Gasteiger charge is -2.10. The van der Waals surface area contributed by atoms with Gasteiger partial charge in [0.25, 0.3) is 0 Å². The minimum Gasteiger partial charge on any atom is -0.495 e. The zero-order valence-electron chi connectivity index (χ0n) is 8.46. The van der Waals surface area contributed by atoms with Crippen LogP contribution in [-0.2, 0) is 4.74 Å². The van der Waals surface area contributed by atoms with Crippen LogP contribution in [0.3, 0.4) is 0 Å². The molecule has 4 heteroatoms. The zero-order chi connectivity index (χ0) is 10.7. The first-order valence-electron chi connectivity index (χ1n) is 4.13. The Labute approximate surface area is 82.6 Å². The first-order valence-corrected chi connectivity index (χ1v) is 4.13. The van der Waals surface area contributed by atoms with Crippen LogP contribution in [-0.4, -0.2) is 20.2 Å². The van der Waals surface area contributed by atoms with Crippen molar-refractivity contribution in [3.63, 3.8) is 0 Å². The summed E-state index contributed by atoms with van der Waals surface area (Å²) in [5.74, 6) is 0.0369. The number of aryl methyl sites for hydroxylation is 1. The van der Waals surface area contributed by atoms with E-state index in [2.05, 4.69) is 4.74 Å². The van der Waals surface area contributed by atoms with Gasteiger partial charge in [-0.05, 0) is 18.6 Å². The van der Waals surface area contributed by atoms with Crippen molar-refractivity contribution >= 4 is 11.7 Å². The molecule has 0 aromatic heterocycles. The number of carbonyl (C=O) groups excluding carboxylic acids is 1. The fraction of sp³-hybridized carbons (Fsp3) is 0.300. The summed E-state index contributed by atoms with van der Waals surface area (Å²) < 4.78 is 9.63. The molecule has 2 N–H and O–H groups in total. The Hall–Kier alpha value is -1.71. The Kier molecular flexibility index (Phi) is 2.96. The van der Waals surface area contributed by atoms with Crippen molar-refractivity contribution in [3.8, 4) is 5.75 Å². The molecule has 1 aromatic carbocycles. The Morgan fingerprint density at radius 1 is 1.36 bits per heavy atom. The molecule has 0 saturated heterocycles. The first kappa shape index (κ1) is 10.4. The average molecular weight is 195 g/mol. The molecule has 0 aliphatic carbocycles. The lowest BCUT2D eigenvalue weighted by atomic mass is 10.1. The Morgan fingerprint density at radius 3 is 2.50 bits per heavy atom. The summed E-state index contributed by atoms with van der Waals surface area (Å²) in [6, 6.07) is 3.48. The standard InChI is InChI=1S/C10H13NO3/c1-6-4-5-7(13-2)9(11)8(6)10(12)14-3/h4-5H,11H2,1-3H3. The van der Waals surface area contributed by atoms with E-state index in [9.17, 15) is 4.79 Å². The molecule has 0 amide bonds. The summed E-state index contributed by atoms with van der Waals surface area (Å²) in [6.45, 7) is 1.79. The van der Waals surface area contributed by atoms with E-state index in [0.29, 0.717) is 17.0 Å². The lowest BCUT2D eigenvalue weighted by molar-refractivity contribution is 0.0601. The molecule has 0 spiro atoms. The van der Waals surface area contributed by atoms with Crippen LogP contribution in [0.2, 0.25) is 0 Å². The summed E-state index contributed by atoms with van der Waals surface area (Å²) in [7, 11) is 2.82. The monoisotopic (exact) mass is 195 g/mol. The second-order valence-corrected chi connectivity index (χ2v) is 2.86. The number of esters is 1. The molecule has 76 valence electrons. The number of ether oxygens (including phenoxy) is 2. The highest BCUT2D eigenvalue weighted by molar-refractivity contribution is 5.98. The smallest absolute Gasteiger partial charge is 0.340 e. The summed E-state index contributed by atoms with van der Waals surface area (Å²) in [6.07, 6.45) is 0. The summed E-state index contributed by atoms with van der Waals surface area (Å²) in [5.41, 5.74) is 7.20. The third-order valence-corrected chi connectivity index (χ3v) is 2.02. The molecule has 0 bridgehead atoms. The van der Waals surface area contributed by atoms with Gasteiger partial charge >= 0.3 is 5.97 Å². The van der Waals surface area contributed by atoms with Gasteiger partial charge in [-0.25, -0.2) is 4.79 Å². The van der Waals surface area contributed by atoms with E-state index >= 15 is 0 Å². The molecule has 0 unspecified atom stereocenters. The number of rotatable bonds is 2. The first-order chi connectivity index (χ1) is 6.61. The maximum Gasteiger partial charge on any atom is 0.340 e. The van der Waals surface area contributed by atoms with Crippen LogP contribution < -0.4 is 10.5 Å². The van der Waals surface area contributed by atoms with Crippen LogP contribution >= 0.6 is 0 Å². The van der Waals surface area contributed by atoms with Gasteiger partial charge in [0.15, 0.2) is 0 Å².